The van der Waals surface area contributed by atoms with E-state index in [-0.39, 0.29) is 11.9 Å². The maximum Gasteiger partial charge on any atom is 0.221 e. The Hall–Kier alpha value is -0.610. The number of ether oxygens (including phenoxy) is 1. The highest BCUT2D eigenvalue weighted by Crippen LogP contribution is 2.01. The highest BCUT2D eigenvalue weighted by atomic mass is 16.5. The van der Waals surface area contributed by atoms with Crippen molar-refractivity contribution in [2.24, 2.45) is 11.7 Å². The molecular weight excluding hydrogens is 204 g/mol. The fourth-order valence-electron chi connectivity index (χ4n) is 1.13. The van der Waals surface area contributed by atoms with E-state index in [0.717, 1.165) is 19.4 Å². The van der Waals surface area contributed by atoms with Crippen LogP contribution in [-0.2, 0) is 9.53 Å². The molecule has 0 saturated carbocycles. The Kier molecular flexibility index (Phi) is 9.24. The van der Waals surface area contributed by atoms with Crippen molar-refractivity contribution >= 4 is 5.91 Å². The second-order valence-electron chi connectivity index (χ2n) is 4.43. The van der Waals surface area contributed by atoms with Crippen LogP contribution >= 0.6 is 0 Å². The molecule has 0 aromatic carbocycles. The monoisotopic (exact) mass is 230 g/mol. The van der Waals surface area contributed by atoms with Gasteiger partial charge < -0.3 is 15.8 Å². The molecule has 0 radical (unpaired) electrons. The lowest BCUT2D eigenvalue weighted by Crippen LogP contribution is -2.36. The van der Waals surface area contributed by atoms with E-state index in [2.05, 4.69) is 12.2 Å². The van der Waals surface area contributed by atoms with Crippen molar-refractivity contribution < 1.29 is 9.53 Å². The number of carbonyl (C=O) groups excluding carboxylic acids is 1. The van der Waals surface area contributed by atoms with Gasteiger partial charge in [-0.25, -0.2) is 0 Å². The van der Waals surface area contributed by atoms with E-state index in [9.17, 15) is 4.79 Å². The third-order valence-electron chi connectivity index (χ3n) is 2.49. The van der Waals surface area contributed by atoms with Crippen molar-refractivity contribution in [3.05, 3.63) is 0 Å². The SMILES string of the molecule is CCCCOCCNC(=O)CC(N)C(C)C. The Bertz CT molecular complexity index is 184. The highest BCUT2D eigenvalue weighted by Gasteiger charge is 2.12. The summed E-state index contributed by atoms with van der Waals surface area (Å²) in [6.45, 7) is 8.10. The van der Waals surface area contributed by atoms with Gasteiger partial charge in [-0.3, -0.25) is 4.79 Å². The molecule has 4 nitrogen and oxygen atoms in total. The van der Waals surface area contributed by atoms with Crippen molar-refractivity contribution in [3.63, 3.8) is 0 Å². The minimum absolute atomic E-state index is 0.0142. The van der Waals surface area contributed by atoms with Crippen LogP contribution in [-0.4, -0.2) is 31.7 Å². The van der Waals surface area contributed by atoms with Crippen LogP contribution in [0.5, 0.6) is 0 Å². The molecule has 0 saturated heterocycles. The summed E-state index contributed by atoms with van der Waals surface area (Å²) in [5.41, 5.74) is 5.80. The maximum atomic E-state index is 11.4. The molecule has 0 aliphatic carbocycles. The van der Waals surface area contributed by atoms with Crippen molar-refractivity contribution in [3.8, 4) is 0 Å². The Morgan fingerprint density at radius 3 is 2.62 bits per heavy atom. The molecule has 0 bridgehead atoms. The number of carbonyl (C=O) groups is 1. The van der Waals surface area contributed by atoms with Gasteiger partial charge in [-0.15, -0.1) is 0 Å². The first-order valence-electron chi connectivity index (χ1n) is 6.18. The molecule has 4 heteroatoms. The van der Waals surface area contributed by atoms with E-state index in [0.29, 0.717) is 25.5 Å². The molecular formula is C12H26N2O2. The van der Waals surface area contributed by atoms with Gasteiger partial charge in [-0.05, 0) is 12.3 Å². The third-order valence-corrected chi connectivity index (χ3v) is 2.49. The molecule has 16 heavy (non-hydrogen) atoms. The van der Waals surface area contributed by atoms with Gasteiger partial charge in [-0.1, -0.05) is 27.2 Å². The molecule has 0 aromatic heterocycles. The van der Waals surface area contributed by atoms with Crippen LogP contribution in [0.2, 0.25) is 0 Å². The van der Waals surface area contributed by atoms with Crippen LogP contribution in [0.1, 0.15) is 40.0 Å². The minimum Gasteiger partial charge on any atom is -0.380 e. The molecule has 0 spiro atoms. The van der Waals surface area contributed by atoms with Crippen molar-refractivity contribution in [1.29, 1.82) is 0 Å². The molecule has 1 unspecified atom stereocenters. The fraction of sp³-hybridized carbons (Fsp3) is 0.917. The van der Waals surface area contributed by atoms with Crippen LogP contribution in [0.15, 0.2) is 0 Å². The van der Waals surface area contributed by atoms with E-state index in [1.165, 1.54) is 0 Å². The molecule has 0 heterocycles. The molecule has 0 rings (SSSR count). The van der Waals surface area contributed by atoms with Gasteiger partial charge in [0.05, 0.1) is 6.61 Å². The van der Waals surface area contributed by atoms with E-state index in [4.69, 9.17) is 10.5 Å². The number of hydrogen-bond donors (Lipinski definition) is 2. The van der Waals surface area contributed by atoms with Gasteiger partial charge >= 0.3 is 0 Å². The van der Waals surface area contributed by atoms with Crippen LogP contribution in [0.4, 0.5) is 0 Å². The zero-order valence-electron chi connectivity index (χ0n) is 10.8. The number of hydrogen-bond acceptors (Lipinski definition) is 3. The molecule has 3 N–H and O–H groups in total. The molecule has 96 valence electrons. The van der Waals surface area contributed by atoms with Gasteiger partial charge in [0, 0.05) is 25.6 Å². The zero-order valence-corrected chi connectivity index (χ0v) is 10.8. The Morgan fingerprint density at radius 1 is 1.38 bits per heavy atom. The van der Waals surface area contributed by atoms with Gasteiger partial charge in [0.15, 0.2) is 0 Å². The number of nitrogens with two attached hydrogens (primary N) is 1. The summed E-state index contributed by atoms with van der Waals surface area (Å²) in [5, 5.41) is 2.80. The average molecular weight is 230 g/mol. The first-order valence-corrected chi connectivity index (χ1v) is 6.18. The summed E-state index contributed by atoms with van der Waals surface area (Å²) in [7, 11) is 0. The fourth-order valence-corrected chi connectivity index (χ4v) is 1.13. The van der Waals surface area contributed by atoms with Gasteiger partial charge in [0.2, 0.25) is 5.91 Å². The minimum atomic E-state index is -0.0546. The topological polar surface area (TPSA) is 64.3 Å². The van der Waals surface area contributed by atoms with Crippen LogP contribution < -0.4 is 11.1 Å². The lowest BCUT2D eigenvalue weighted by molar-refractivity contribution is -0.121. The Labute approximate surface area is 98.9 Å². The smallest absolute Gasteiger partial charge is 0.221 e. The molecule has 1 amide bonds. The van der Waals surface area contributed by atoms with Gasteiger partial charge in [0.1, 0.15) is 0 Å². The summed E-state index contributed by atoms with van der Waals surface area (Å²) in [4.78, 5) is 11.4. The summed E-state index contributed by atoms with van der Waals surface area (Å²) < 4.78 is 5.33. The summed E-state index contributed by atoms with van der Waals surface area (Å²) in [5.74, 6) is 0.354. The number of amides is 1. The van der Waals surface area contributed by atoms with Crippen LogP contribution in [0.3, 0.4) is 0 Å². The highest BCUT2D eigenvalue weighted by molar-refractivity contribution is 5.76. The first kappa shape index (κ1) is 15.4. The average Bonchev–Trinajstić information content (AvgIpc) is 2.23. The third kappa shape index (κ3) is 8.68. The number of unbranched alkanes of at least 4 members (excludes halogenated alkanes) is 1. The molecule has 0 fully saturated rings. The Morgan fingerprint density at radius 2 is 2.06 bits per heavy atom. The normalized spacial score (nSPS) is 12.8. The predicted octanol–water partition coefficient (Wildman–Crippen LogP) is 1.29. The summed E-state index contributed by atoms with van der Waals surface area (Å²) in [6, 6.07) is -0.0546. The van der Waals surface area contributed by atoms with Gasteiger partial charge in [0.25, 0.3) is 0 Å². The maximum absolute atomic E-state index is 11.4. The summed E-state index contributed by atoms with van der Waals surface area (Å²) in [6.07, 6.45) is 2.61. The standard InChI is InChI=1S/C12H26N2O2/c1-4-5-7-16-8-6-14-12(15)9-11(13)10(2)3/h10-11H,4-9,13H2,1-3H3,(H,14,15). The second kappa shape index (κ2) is 9.60. The van der Waals surface area contributed by atoms with Crippen molar-refractivity contribution in [2.45, 2.75) is 46.1 Å². The second-order valence-corrected chi connectivity index (χ2v) is 4.43. The van der Waals surface area contributed by atoms with Crippen LogP contribution in [0, 0.1) is 5.92 Å². The van der Waals surface area contributed by atoms with E-state index >= 15 is 0 Å². The molecule has 0 aliphatic heterocycles. The lowest BCUT2D eigenvalue weighted by Gasteiger charge is -2.14. The number of rotatable bonds is 9. The quantitative estimate of drug-likeness (QED) is 0.587. The summed E-state index contributed by atoms with van der Waals surface area (Å²) >= 11 is 0. The van der Waals surface area contributed by atoms with E-state index in [1.54, 1.807) is 0 Å². The van der Waals surface area contributed by atoms with Crippen molar-refractivity contribution in [1.82, 2.24) is 5.32 Å². The first-order chi connectivity index (χ1) is 7.57. The molecule has 0 aliphatic rings. The lowest BCUT2D eigenvalue weighted by atomic mass is 10.0. The molecule has 0 aromatic rings. The van der Waals surface area contributed by atoms with E-state index in [1.807, 2.05) is 13.8 Å². The zero-order chi connectivity index (χ0) is 12.4. The Balaban J connectivity index is 3.37. The predicted molar refractivity (Wildman–Crippen MR) is 66.2 cm³/mol. The molecule has 1 atom stereocenters. The van der Waals surface area contributed by atoms with Gasteiger partial charge in [-0.2, -0.15) is 0 Å². The van der Waals surface area contributed by atoms with E-state index < -0.39 is 0 Å². The number of nitrogens with one attached hydrogen (secondary N) is 1. The van der Waals surface area contributed by atoms with Crippen molar-refractivity contribution in [2.75, 3.05) is 19.8 Å². The van der Waals surface area contributed by atoms with Crippen LogP contribution in [0.25, 0.3) is 0 Å². The largest absolute Gasteiger partial charge is 0.380 e.